The lowest BCUT2D eigenvalue weighted by atomic mass is 9.90. The fraction of sp³-hybridized carbons (Fsp3) is 0.611. The lowest BCUT2D eigenvalue weighted by Gasteiger charge is -2.32. The third kappa shape index (κ3) is 8.24. The number of rotatable bonds is 9. The summed E-state index contributed by atoms with van der Waals surface area (Å²) in [7, 11) is 0. The van der Waals surface area contributed by atoms with Crippen LogP contribution in [0.15, 0.2) is 30.3 Å². The summed E-state index contributed by atoms with van der Waals surface area (Å²) in [6.45, 7) is 9.19. The second-order valence-corrected chi connectivity index (χ2v) is 6.70. The maximum absolute atomic E-state index is 12.3. The van der Waals surface area contributed by atoms with Crippen molar-refractivity contribution in [1.29, 1.82) is 0 Å². The van der Waals surface area contributed by atoms with E-state index < -0.39 is 0 Å². The van der Waals surface area contributed by atoms with Crippen LogP contribution in [0.1, 0.15) is 40.5 Å². The number of amides is 1. The van der Waals surface area contributed by atoms with Crippen LogP contribution >= 0.6 is 12.4 Å². The van der Waals surface area contributed by atoms with Crippen molar-refractivity contribution in [3.05, 3.63) is 30.3 Å². The molecule has 1 aromatic rings. The zero-order chi connectivity index (χ0) is 16.6. The third-order valence-corrected chi connectivity index (χ3v) is 3.74. The third-order valence-electron chi connectivity index (χ3n) is 3.74. The fourth-order valence-corrected chi connectivity index (χ4v) is 2.51. The SMILES string of the molecule is CC(C)CC(C)(CN)NC(=O)C(C)CCOc1ccccc1.Cl. The first-order valence-electron chi connectivity index (χ1n) is 8.06. The quantitative estimate of drug-likeness (QED) is 0.723. The molecule has 0 fully saturated rings. The van der Waals surface area contributed by atoms with Crippen LogP contribution in [0.5, 0.6) is 5.75 Å². The Morgan fingerprint density at radius 1 is 1.26 bits per heavy atom. The number of hydrogen-bond acceptors (Lipinski definition) is 3. The summed E-state index contributed by atoms with van der Waals surface area (Å²) in [5, 5.41) is 3.10. The van der Waals surface area contributed by atoms with Crippen molar-refractivity contribution < 1.29 is 9.53 Å². The van der Waals surface area contributed by atoms with Gasteiger partial charge in [-0.05, 0) is 37.8 Å². The average molecular weight is 343 g/mol. The molecule has 1 aromatic carbocycles. The smallest absolute Gasteiger partial charge is 0.223 e. The van der Waals surface area contributed by atoms with E-state index in [0.29, 0.717) is 25.5 Å². The van der Waals surface area contributed by atoms with E-state index in [2.05, 4.69) is 19.2 Å². The highest BCUT2D eigenvalue weighted by Gasteiger charge is 2.27. The predicted molar refractivity (Wildman–Crippen MR) is 98.0 cm³/mol. The number of carbonyl (C=O) groups excluding carboxylic acids is 1. The molecule has 5 heteroatoms. The van der Waals surface area contributed by atoms with E-state index >= 15 is 0 Å². The normalized spacial score (nSPS) is 14.5. The minimum absolute atomic E-state index is 0. The Balaban J connectivity index is 0.00000484. The molecule has 0 radical (unpaired) electrons. The Hall–Kier alpha value is -1.26. The fourth-order valence-electron chi connectivity index (χ4n) is 2.51. The lowest BCUT2D eigenvalue weighted by molar-refractivity contribution is -0.126. The second kappa shape index (κ2) is 10.5. The molecule has 0 aliphatic heterocycles. The van der Waals surface area contributed by atoms with Gasteiger partial charge in [0.15, 0.2) is 0 Å². The van der Waals surface area contributed by atoms with Crippen LogP contribution in [-0.2, 0) is 4.79 Å². The Morgan fingerprint density at radius 3 is 2.39 bits per heavy atom. The zero-order valence-electron chi connectivity index (χ0n) is 14.7. The van der Waals surface area contributed by atoms with Crippen molar-refractivity contribution in [3.63, 3.8) is 0 Å². The van der Waals surface area contributed by atoms with E-state index in [1.165, 1.54) is 0 Å². The van der Waals surface area contributed by atoms with Crippen LogP contribution in [0.3, 0.4) is 0 Å². The number of nitrogens with two attached hydrogens (primary N) is 1. The number of para-hydroxylation sites is 1. The summed E-state index contributed by atoms with van der Waals surface area (Å²) in [5.74, 6) is 1.28. The molecular formula is C18H31ClN2O2. The van der Waals surface area contributed by atoms with Gasteiger partial charge in [-0.15, -0.1) is 12.4 Å². The summed E-state index contributed by atoms with van der Waals surface area (Å²) in [6.07, 6.45) is 1.56. The summed E-state index contributed by atoms with van der Waals surface area (Å²) in [5.41, 5.74) is 5.51. The van der Waals surface area contributed by atoms with Crippen LogP contribution in [-0.4, -0.2) is 24.6 Å². The molecular weight excluding hydrogens is 312 g/mol. The monoisotopic (exact) mass is 342 g/mol. The molecule has 1 rings (SSSR count). The van der Waals surface area contributed by atoms with Gasteiger partial charge in [0, 0.05) is 18.0 Å². The molecule has 0 spiro atoms. The van der Waals surface area contributed by atoms with Crippen molar-refractivity contribution >= 4 is 18.3 Å². The van der Waals surface area contributed by atoms with Gasteiger partial charge < -0.3 is 15.8 Å². The number of carbonyl (C=O) groups is 1. The standard InChI is InChI=1S/C18H30N2O2.ClH/c1-14(2)12-18(4,13-19)20-17(21)15(3)10-11-22-16-8-6-5-7-9-16;/h5-9,14-15H,10-13,19H2,1-4H3,(H,20,21);1H. The number of nitrogens with one attached hydrogen (secondary N) is 1. The summed E-state index contributed by atoms with van der Waals surface area (Å²) >= 11 is 0. The van der Waals surface area contributed by atoms with Crippen LogP contribution in [0.25, 0.3) is 0 Å². The molecule has 2 atom stereocenters. The van der Waals surface area contributed by atoms with Crippen molar-refractivity contribution in [1.82, 2.24) is 5.32 Å². The van der Waals surface area contributed by atoms with Gasteiger partial charge in [-0.2, -0.15) is 0 Å². The molecule has 23 heavy (non-hydrogen) atoms. The summed E-state index contributed by atoms with van der Waals surface area (Å²) in [6, 6.07) is 9.65. The molecule has 0 saturated carbocycles. The molecule has 1 amide bonds. The van der Waals surface area contributed by atoms with Gasteiger partial charge in [0.1, 0.15) is 5.75 Å². The molecule has 3 N–H and O–H groups in total. The molecule has 132 valence electrons. The Morgan fingerprint density at radius 2 is 1.87 bits per heavy atom. The van der Waals surface area contributed by atoms with Crippen molar-refractivity contribution in [2.24, 2.45) is 17.6 Å². The molecule has 0 aliphatic rings. The second-order valence-electron chi connectivity index (χ2n) is 6.70. The highest BCUT2D eigenvalue weighted by molar-refractivity contribution is 5.85. The van der Waals surface area contributed by atoms with Crippen molar-refractivity contribution in [2.45, 2.75) is 46.1 Å². The van der Waals surface area contributed by atoms with Crippen molar-refractivity contribution in [3.8, 4) is 5.75 Å². The lowest BCUT2D eigenvalue weighted by Crippen LogP contribution is -2.53. The molecule has 0 bridgehead atoms. The van der Waals surface area contributed by atoms with Gasteiger partial charge in [-0.3, -0.25) is 4.79 Å². The van der Waals surface area contributed by atoms with Crippen LogP contribution < -0.4 is 15.8 Å². The van der Waals surface area contributed by atoms with Gasteiger partial charge >= 0.3 is 0 Å². The molecule has 0 saturated heterocycles. The minimum atomic E-state index is -0.334. The summed E-state index contributed by atoms with van der Waals surface area (Å²) < 4.78 is 5.64. The highest BCUT2D eigenvalue weighted by atomic mass is 35.5. The van der Waals surface area contributed by atoms with E-state index in [-0.39, 0.29) is 29.8 Å². The van der Waals surface area contributed by atoms with Gasteiger partial charge in [-0.1, -0.05) is 39.0 Å². The highest BCUT2D eigenvalue weighted by Crippen LogP contribution is 2.17. The molecule has 4 nitrogen and oxygen atoms in total. The molecule has 2 unspecified atom stereocenters. The van der Waals surface area contributed by atoms with E-state index in [9.17, 15) is 4.79 Å². The molecule has 0 heterocycles. The van der Waals surface area contributed by atoms with E-state index in [4.69, 9.17) is 10.5 Å². The zero-order valence-corrected chi connectivity index (χ0v) is 15.5. The Bertz CT molecular complexity index is 454. The Labute approximate surface area is 146 Å². The number of hydrogen-bond donors (Lipinski definition) is 2. The van der Waals surface area contributed by atoms with E-state index in [1.807, 2.05) is 44.2 Å². The largest absolute Gasteiger partial charge is 0.494 e. The van der Waals surface area contributed by atoms with Crippen LogP contribution in [0, 0.1) is 11.8 Å². The molecule has 0 aromatic heterocycles. The van der Waals surface area contributed by atoms with E-state index in [0.717, 1.165) is 12.2 Å². The van der Waals surface area contributed by atoms with Gasteiger partial charge in [0.2, 0.25) is 5.91 Å². The first-order valence-corrected chi connectivity index (χ1v) is 8.06. The van der Waals surface area contributed by atoms with Crippen LogP contribution in [0.4, 0.5) is 0 Å². The van der Waals surface area contributed by atoms with Gasteiger partial charge in [0.25, 0.3) is 0 Å². The van der Waals surface area contributed by atoms with E-state index in [1.54, 1.807) is 0 Å². The number of ether oxygens (including phenoxy) is 1. The topological polar surface area (TPSA) is 64.3 Å². The van der Waals surface area contributed by atoms with Gasteiger partial charge in [-0.25, -0.2) is 0 Å². The Kier molecular flexibility index (Phi) is 9.93. The first kappa shape index (κ1) is 21.7. The maximum atomic E-state index is 12.3. The number of halogens is 1. The molecule has 0 aliphatic carbocycles. The van der Waals surface area contributed by atoms with Gasteiger partial charge in [0.05, 0.1) is 6.61 Å². The van der Waals surface area contributed by atoms with Crippen molar-refractivity contribution in [2.75, 3.05) is 13.2 Å². The van der Waals surface area contributed by atoms with Crippen LogP contribution in [0.2, 0.25) is 0 Å². The minimum Gasteiger partial charge on any atom is -0.494 e. The maximum Gasteiger partial charge on any atom is 0.223 e. The summed E-state index contributed by atoms with van der Waals surface area (Å²) in [4.78, 5) is 12.3. The first-order chi connectivity index (χ1) is 10.4. The predicted octanol–water partition coefficient (Wildman–Crippen LogP) is 3.39. The number of benzene rings is 1. The average Bonchev–Trinajstić information content (AvgIpc) is 2.47.